The van der Waals surface area contributed by atoms with Crippen LogP contribution >= 0.6 is 0 Å². The molecule has 3 aromatic carbocycles. The van der Waals surface area contributed by atoms with E-state index in [0.717, 1.165) is 33.5 Å². The number of amides is 1. The highest BCUT2D eigenvalue weighted by Gasteiger charge is 2.43. The molecule has 5 nitrogen and oxygen atoms in total. The molecule has 1 unspecified atom stereocenters. The fourth-order valence-corrected chi connectivity index (χ4v) is 4.59. The number of aryl methyl sites for hydroxylation is 4. The lowest BCUT2D eigenvalue weighted by Crippen LogP contribution is -2.29. The predicted molar refractivity (Wildman–Crippen MR) is 139 cm³/mol. The van der Waals surface area contributed by atoms with Crippen LogP contribution < -0.4 is 15.1 Å². The second-order valence-corrected chi connectivity index (χ2v) is 9.12. The molecule has 1 aromatic heterocycles. The Balaban J connectivity index is 1.75. The quantitative estimate of drug-likeness (QED) is 0.323. The van der Waals surface area contributed by atoms with Gasteiger partial charge in [-0.05, 0) is 91.9 Å². The fourth-order valence-electron chi connectivity index (χ4n) is 4.59. The Kier molecular flexibility index (Phi) is 5.56. The molecule has 0 fully saturated rings. The maximum absolute atomic E-state index is 13.8. The molecule has 1 aliphatic rings. The van der Waals surface area contributed by atoms with Crippen LogP contribution in [0.15, 0.2) is 76.5 Å². The van der Waals surface area contributed by atoms with Crippen LogP contribution in [0.1, 0.15) is 50.0 Å². The lowest BCUT2D eigenvalue weighted by atomic mass is 9.97. The molecule has 0 spiro atoms. The smallest absolute Gasteiger partial charge is 0.295 e. The number of hydrogen-bond acceptors (Lipinski definition) is 4. The van der Waals surface area contributed by atoms with E-state index in [0.29, 0.717) is 28.9 Å². The van der Waals surface area contributed by atoms with Gasteiger partial charge in [-0.3, -0.25) is 14.5 Å². The SMILES string of the molecule is C=CCOc1ccc(C2c3c(oc4cc(C)c(C)cc4c3=O)C(=O)N2c2ccc(C)c(C)c2)cc1. The zero-order valence-electron chi connectivity index (χ0n) is 20.3. The summed E-state index contributed by atoms with van der Waals surface area (Å²) in [6.45, 7) is 12.0. The molecule has 4 aromatic rings. The van der Waals surface area contributed by atoms with Crippen molar-refractivity contribution in [1.82, 2.24) is 0 Å². The van der Waals surface area contributed by atoms with Gasteiger partial charge in [0.05, 0.1) is 17.0 Å². The Hall–Kier alpha value is -4.12. The second kappa shape index (κ2) is 8.58. The molecule has 176 valence electrons. The van der Waals surface area contributed by atoms with Gasteiger partial charge in [0.1, 0.15) is 17.9 Å². The lowest BCUT2D eigenvalue weighted by molar-refractivity contribution is 0.0971. The Morgan fingerprint density at radius 1 is 0.914 bits per heavy atom. The van der Waals surface area contributed by atoms with Gasteiger partial charge in [0.15, 0.2) is 5.43 Å². The minimum absolute atomic E-state index is 0.0981. The highest BCUT2D eigenvalue weighted by molar-refractivity contribution is 6.10. The Labute approximate surface area is 204 Å². The summed E-state index contributed by atoms with van der Waals surface area (Å²) >= 11 is 0. The molecule has 0 aliphatic carbocycles. The van der Waals surface area contributed by atoms with Gasteiger partial charge in [-0.1, -0.05) is 30.9 Å². The molecule has 0 N–H and O–H groups in total. The minimum Gasteiger partial charge on any atom is -0.490 e. The van der Waals surface area contributed by atoms with Crippen molar-refractivity contribution in [2.24, 2.45) is 0 Å². The summed E-state index contributed by atoms with van der Waals surface area (Å²) in [6.07, 6.45) is 1.68. The van der Waals surface area contributed by atoms with Gasteiger partial charge < -0.3 is 9.15 Å². The summed E-state index contributed by atoms with van der Waals surface area (Å²) in [5.41, 5.74) is 6.33. The highest BCUT2D eigenvalue weighted by atomic mass is 16.5. The molecule has 2 heterocycles. The third-order valence-corrected chi connectivity index (χ3v) is 6.82. The van der Waals surface area contributed by atoms with E-state index in [4.69, 9.17) is 9.15 Å². The Bertz CT molecular complexity index is 1550. The highest BCUT2D eigenvalue weighted by Crippen LogP contribution is 2.42. The average Bonchev–Trinajstić information content (AvgIpc) is 3.13. The van der Waals surface area contributed by atoms with Crippen molar-refractivity contribution in [3.05, 3.63) is 117 Å². The van der Waals surface area contributed by atoms with E-state index in [9.17, 15) is 9.59 Å². The van der Waals surface area contributed by atoms with Crippen molar-refractivity contribution in [2.45, 2.75) is 33.7 Å². The zero-order chi connectivity index (χ0) is 24.9. The van der Waals surface area contributed by atoms with Crippen LogP contribution in [0.5, 0.6) is 5.75 Å². The van der Waals surface area contributed by atoms with Crippen molar-refractivity contribution in [3.8, 4) is 5.75 Å². The average molecular weight is 466 g/mol. The van der Waals surface area contributed by atoms with Gasteiger partial charge in [0.25, 0.3) is 5.91 Å². The molecule has 1 amide bonds. The fraction of sp³-hybridized carbons (Fsp3) is 0.200. The third kappa shape index (κ3) is 3.73. The summed E-state index contributed by atoms with van der Waals surface area (Å²) in [6, 6.07) is 16.4. The number of fused-ring (bicyclic) bond motifs is 2. The number of carbonyl (C=O) groups is 1. The molecule has 0 radical (unpaired) electrons. The van der Waals surface area contributed by atoms with E-state index in [1.807, 2.05) is 82.3 Å². The van der Waals surface area contributed by atoms with E-state index in [2.05, 4.69) is 6.58 Å². The van der Waals surface area contributed by atoms with Crippen molar-refractivity contribution in [2.75, 3.05) is 11.5 Å². The molecule has 0 saturated heterocycles. The molecule has 1 aliphatic heterocycles. The van der Waals surface area contributed by atoms with Gasteiger partial charge >= 0.3 is 0 Å². The molecular formula is C30H27NO4. The first-order valence-electron chi connectivity index (χ1n) is 11.6. The van der Waals surface area contributed by atoms with E-state index in [1.165, 1.54) is 0 Å². The third-order valence-electron chi connectivity index (χ3n) is 6.82. The number of hydrogen-bond donors (Lipinski definition) is 0. The predicted octanol–water partition coefficient (Wildman–Crippen LogP) is 6.34. The van der Waals surface area contributed by atoms with Gasteiger partial charge in [-0.2, -0.15) is 0 Å². The summed E-state index contributed by atoms with van der Waals surface area (Å²) < 4.78 is 11.8. The van der Waals surface area contributed by atoms with Crippen molar-refractivity contribution in [1.29, 1.82) is 0 Å². The van der Waals surface area contributed by atoms with Crippen LogP contribution in [-0.2, 0) is 0 Å². The molecular weight excluding hydrogens is 438 g/mol. The van der Waals surface area contributed by atoms with Gasteiger partial charge in [-0.25, -0.2) is 0 Å². The summed E-state index contributed by atoms with van der Waals surface area (Å²) in [4.78, 5) is 29.3. The summed E-state index contributed by atoms with van der Waals surface area (Å²) in [5.74, 6) is 0.464. The van der Waals surface area contributed by atoms with Gasteiger partial charge in [0.2, 0.25) is 5.76 Å². The molecule has 35 heavy (non-hydrogen) atoms. The number of rotatable bonds is 5. The zero-order valence-corrected chi connectivity index (χ0v) is 20.3. The summed E-state index contributed by atoms with van der Waals surface area (Å²) in [5, 5.41) is 0.484. The number of anilines is 1. The minimum atomic E-state index is -0.615. The van der Waals surface area contributed by atoms with Crippen LogP contribution in [0, 0.1) is 27.7 Å². The van der Waals surface area contributed by atoms with E-state index >= 15 is 0 Å². The van der Waals surface area contributed by atoms with E-state index in [1.54, 1.807) is 11.0 Å². The van der Waals surface area contributed by atoms with Crippen LogP contribution in [0.3, 0.4) is 0 Å². The monoisotopic (exact) mass is 465 g/mol. The van der Waals surface area contributed by atoms with Crippen LogP contribution in [0.4, 0.5) is 5.69 Å². The number of ether oxygens (including phenoxy) is 1. The largest absolute Gasteiger partial charge is 0.490 e. The van der Waals surface area contributed by atoms with Crippen LogP contribution in [0.25, 0.3) is 11.0 Å². The Morgan fingerprint density at radius 2 is 1.60 bits per heavy atom. The molecule has 5 rings (SSSR count). The number of nitrogens with zero attached hydrogens (tertiary/aromatic N) is 1. The molecule has 5 heteroatoms. The lowest BCUT2D eigenvalue weighted by Gasteiger charge is -2.26. The standard InChI is InChI=1S/C30H27NO4/c1-6-13-34-23-11-8-21(9-12-23)27-26-28(32)24-15-19(4)20(5)16-25(24)35-29(26)30(33)31(27)22-10-7-17(2)18(3)14-22/h6-12,14-16,27H,1,13H2,2-5H3. The second-order valence-electron chi connectivity index (χ2n) is 9.12. The van der Waals surface area contributed by atoms with Gasteiger partial charge in [-0.15, -0.1) is 0 Å². The first-order valence-corrected chi connectivity index (χ1v) is 11.6. The Morgan fingerprint density at radius 3 is 2.29 bits per heavy atom. The van der Waals surface area contributed by atoms with Crippen LogP contribution in [0.2, 0.25) is 0 Å². The van der Waals surface area contributed by atoms with E-state index < -0.39 is 6.04 Å². The van der Waals surface area contributed by atoms with Crippen molar-refractivity contribution in [3.63, 3.8) is 0 Å². The summed E-state index contributed by atoms with van der Waals surface area (Å²) in [7, 11) is 0. The number of carbonyl (C=O) groups excluding carboxylic acids is 1. The van der Waals surface area contributed by atoms with Crippen LogP contribution in [-0.4, -0.2) is 12.5 Å². The topological polar surface area (TPSA) is 59.8 Å². The first-order chi connectivity index (χ1) is 16.8. The van der Waals surface area contributed by atoms with Crippen molar-refractivity contribution >= 4 is 22.6 Å². The van der Waals surface area contributed by atoms with E-state index in [-0.39, 0.29) is 17.1 Å². The number of benzene rings is 3. The normalized spacial score (nSPS) is 14.9. The maximum Gasteiger partial charge on any atom is 0.295 e. The molecule has 0 saturated carbocycles. The maximum atomic E-state index is 13.8. The molecule has 1 atom stereocenters. The van der Waals surface area contributed by atoms with Gasteiger partial charge in [0, 0.05) is 5.69 Å². The van der Waals surface area contributed by atoms with Crippen molar-refractivity contribution < 1.29 is 13.9 Å². The molecule has 0 bridgehead atoms. The first kappa shape index (κ1) is 22.7.